The lowest BCUT2D eigenvalue weighted by atomic mass is 10.1. The van der Waals surface area contributed by atoms with Crippen LogP contribution in [0.5, 0.6) is 0 Å². The van der Waals surface area contributed by atoms with Gasteiger partial charge in [0.15, 0.2) is 0 Å². The number of nitriles is 1. The van der Waals surface area contributed by atoms with Crippen LogP contribution < -0.4 is 0 Å². The Morgan fingerprint density at radius 1 is 1.07 bits per heavy atom. The Kier molecular flexibility index (Phi) is 8.42. The first-order valence-corrected chi connectivity index (χ1v) is 11.7. The molecule has 0 N–H and O–H groups in total. The molecule has 1 amide bonds. The average Bonchev–Trinajstić information content (AvgIpc) is 2.74. The SMILES string of the molecule is CCCN(Cc1ccc(C#N)cc1)C(=O)c1ccc(Cl)c(S(=O)(=O)N(CC)CC)c1. The first-order valence-electron chi connectivity index (χ1n) is 9.86. The third kappa shape index (κ3) is 5.39. The number of hydrogen-bond donors (Lipinski definition) is 0. The van der Waals surface area contributed by atoms with Crippen LogP contribution in [0.2, 0.25) is 5.02 Å². The summed E-state index contributed by atoms with van der Waals surface area (Å²) in [6, 6.07) is 13.5. The Morgan fingerprint density at radius 2 is 1.70 bits per heavy atom. The van der Waals surface area contributed by atoms with E-state index in [0.29, 0.717) is 31.7 Å². The minimum absolute atomic E-state index is 0.0615. The number of rotatable bonds is 9. The number of carbonyl (C=O) groups is 1. The Balaban J connectivity index is 2.37. The lowest BCUT2D eigenvalue weighted by molar-refractivity contribution is 0.0743. The summed E-state index contributed by atoms with van der Waals surface area (Å²) in [4.78, 5) is 14.8. The summed E-state index contributed by atoms with van der Waals surface area (Å²) in [5, 5.41) is 9.03. The maximum atomic E-state index is 13.2. The Bertz CT molecular complexity index is 1030. The highest BCUT2D eigenvalue weighted by atomic mass is 35.5. The summed E-state index contributed by atoms with van der Waals surface area (Å²) in [6.45, 7) is 6.98. The van der Waals surface area contributed by atoms with Crippen LogP contribution in [0.15, 0.2) is 47.4 Å². The smallest absolute Gasteiger partial charge is 0.254 e. The monoisotopic (exact) mass is 447 g/mol. The summed E-state index contributed by atoms with van der Waals surface area (Å²) in [6.07, 6.45) is 0.750. The zero-order valence-corrected chi connectivity index (χ0v) is 19.0. The second-order valence-corrected chi connectivity index (χ2v) is 9.08. The number of sulfonamides is 1. The molecule has 0 spiro atoms. The summed E-state index contributed by atoms with van der Waals surface area (Å²) in [5.74, 6) is -0.270. The average molecular weight is 448 g/mol. The van der Waals surface area contributed by atoms with E-state index in [1.165, 1.54) is 16.4 Å². The van der Waals surface area contributed by atoms with Gasteiger partial charge >= 0.3 is 0 Å². The van der Waals surface area contributed by atoms with Crippen molar-refractivity contribution in [3.8, 4) is 6.07 Å². The minimum Gasteiger partial charge on any atom is -0.334 e. The summed E-state index contributed by atoms with van der Waals surface area (Å²) < 4.78 is 27.2. The zero-order valence-electron chi connectivity index (χ0n) is 17.4. The van der Waals surface area contributed by atoms with Crippen molar-refractivity contribution >= 4 is 27.5 Å². The molecule has 8 heteroatoms. The lowest BCUT2D eigenvalue weighted by Gasteiger charge is -2.24. The third-order valence-corrected chi connectivity index (χ3v) is 7.27. The van der Waals surface area contributed by atoms with Crippen LogP contribution in [-0.4, -0.2) is 43.2 Å². The number of amides is 1. The Morgan fingerprint density at radius 3 is 2.23 bits per heavy atom. The predicted molar refractivity (Wildman–Crippen MR) is 118 cm³/mol. The molecule has 160 valence electrons. The van der Waals surface area contributed by atoms with E-state index >= 15 is 0 Å². The molecule has 0 saturated heterocycles. The van der Waals surface area contributed by atoms with Crippen LogP contribution in [0.4, 0.5) is 0 Å². The van der Waals surface area contributed by atoms with Crippen LogP contribution in [0, 0.1) is 11.3 Å². The van der Waals surface area contributed by atoms with E-state index < -0.39 is 10.0 Å². The van der Waals surface area contributed by atoms with Crippen molar-refractivity contribution in [2.24, 2.45) is 0 Å². The van der Waals surface area contributed by atoms with Gasteiger partial charge in [-0.3, -0.25) is 4.79 Å². The maximum Gasteiger partial charge on any atom is 0.254 e. The largest absolute Gasteiger partial charge is 0.334 e. The van der Waals surface area contributed by atoms with Crippen molar-refractivity contribution in [3.05, 3.63) is 64.2 Å². The second kappa shape index (κ2) is 10.6. The second-order valence-electron chi connectivity index (χ2n) is 6.77. The van der Waals surface area contributed by atoms with Crippen LogP contribution in [0.3, 0.4) is 0 Å². The van der Waals surface area contributed by atoms with Gasteiger partial charge in [0.25, 0.3) is 5.91 Å². The van der Waals surface area contributed by atoms with Crippen molar-refractivity contribution < 1.29 is 13.2 Å². The van der Waals surface area contributed by atoms with Gasteiger partial charge in [-0.1, -0.05) is 44.5 Å². The lowest BCUT2D eigenvalue weighted by Crippen LogP contribution is -2.33. The molecule has 6 nitrogen and oxygen atoms in total. The van der Waals surface area contributed by atoms with Gasteiger partial charge in [0, 0.05) is 31.7 Å². The van der Waals surface area contributed by atoms with Gasteiger partial charge in [-0.25, -0.2) is 8.42 Å². The van der Waals surface area contributed by atoms with Crippen LogP contribution in [0.1, 0.15) is 48.7 Å². The third-order valence-electron chi connectivity index (χ3n) is 4.74. The predicted octanol–water partition coefficient (Wildman–Crippen LogP) is 4.29. The van der Waals surface area contributed by atoms with Gasteiger partial charge in [0.1, 0.15) is 4.90 Å². The first kappa shape index (κ1) is 23.9. The molecular formula is C22H26ClN3O3S. The van der Waals surface area contributed by atoms with Gasteiger partial charge in [-0.2, -0.15) is 9.57 Å². The molecule has 2 rings (SSSR count). The van der Waals surface area contributed by atoms with E-state index in [-0.39, 0.29) is 21.4 Å². The number of nitrogens with zero attached hydrogens (tertiary/aromatic N) is 3. The molecule has 0 heterocycles. The molecule has 0 saturated carbocycles. The molecule has 0 bridgehead atoms. The molecule has 0 aliphatic heterocycles. The highest BCUT2D eigenvalue weighted by Gasteiger charge is 2.26. The fourth-order valence-electron chi connectivity index (χ4n) is 3.15. The van der Waals surface area contributed by atoms with E-state index in [1.807, 2.05) is 19.1 Å². The highest BCUT2D eigenvalue weighted by molar-refractivity contribution is 7.89. The topological polar surface area (TPSA) is 81.5 Å². The fraction of sp³-hybridized carbons (Fsp3) is 0.364. The first-order chi connectivity index (χ1) is 14.3. The quantitative estimate of drug-likeness (QED) is 0.574. The molecule has 0 fully saturated rings. The molecule has 2 aromatic carbocycles. The standard InChI is InChI=1S/C22H26ClN3O3S/c1-4-13-25(16-18-9-7-17(15-24)8-10-18)22(27)19-11-12-20(23)21(14-19)30(28,29)26(5-2)6-3/h7-12,14H,4-6,13,16H2,1-3H3. The summed E-state index contributed by atoms with van der Waals surface area (Å²) in [5.41, 5.74) is 1.71. The van der Waals surface area contributed by atoms with E-state index in [9.17, 15) is 13.2 Å². The summed E-state index contributed by atoms with van der Waals surface area (Å²) in [7, 11) is -3.79. The van der Waals surface area contributed by atoms with Crippen molar-refractivity contribution in [1.29, 1.82) is 5.26 Å². The number of benzene rings is 2. The Labute approximate surface area is 183 Å². The van der Waals surface area contributed by atoms with Crippen LogP contribution >= 0.6 is 11.6 Å². The van der Waals surface area contributed by atoms with Crippen LogP contribution in [-0.2, 0) is 16.6 Å². The van der Waals surface area contributed by atoms with Gasteiger partial charge < -0.3 is 4.90 Å². The van der Waals surface area contributed by atoms with Crippen molar-refractivity contribution in [3.63, 3.8) is 0 Å². The Hall–Kier alpha value is -2.40. The molecule has 0 radical (unpaired) electrons. The van der Waals surface area contributed by atoms with E-state index in [4.69, 9.17) is 16.9 Å². The van der Waals surface area contributed by atoms with Crippen molar-refractivity contribution in [2.75, 3.05) is 19.6 Å². The molecule has 0 unspecified atom stereocenters. The maximum absolute atomic E-state index is 13.2. The molecule has 2 aromatic rings. The van der Waals surface area contributed by atoms with E-state index in [1.54, 1.807) is 36.9 Å². The number of carbonyl (C=O) groups excluding carboxylic acids is 1. The number of hydrogen-bond acceptors (Lipinski definition) is 4. The van der Waals surface area contributed by atoms with Gasteiger partial charge in [-0.05, 0) is 42.3 Å². The van der Waals surface area contributed by atoms with Gasteiger partial charge in [0.05, 0.1) is 16.7 Å². The number of halogens is 1. The highest BCUT2D eigenvalue weighted by Crippen LogP contribution is 2.26. The van der Waals surface area contributed by atoms with E-state index in [0.717, 1.165) is 12.0 Å². The molecule has 30 heavy (non-hydrogen) atoms. The normalized spacial score (nSPS) is 11.3. The molecule has 0 aliphatic carbocycles. The summed E-state index contributed by atoms with van der Waals surface area (Å²) >= 11 is 6.19. The molecule has 0 aliphatic rings. The van der Waals surface area contributed by atoms with Crippen molar-refractivity contribution in [2.45, 2.75) is 38.6 Å². The molecule has 0 atom stereocenters. The molecule has 0 aromatic heterocycles. The zero-order chi connectivity index (χ0) is 22.3. The fourth-order valence-corrected chi connectivity index (χ4v) is 5.11. The van der Waals surface area contributed by atoms with Crippen LogP contribution in [0.25, 0.3) is 0 Å². The van der Waals surface area contributed by atoms with E-state index in [2.05, 4.69) is 6.07 Å². The molecular weight excluding hydrogens is 422 g/mol. The van der Waals surface area contributed by atoms with Gasteiger partial charge in [0.2, 0.25) is 10.0 Å². The van der Waals surface area contributed by atoms with Crippen molar-refractivity contribution in [1.82, 2.24) is 9.21 Å². The minimum atomic E-state index is -3.79. The van der Waals surface area contributed by atoms with Gasteiger partial charge in [-0.15, -0.1) is 0 Å².